The van der Waals surface area contributed by atoms with E-state index in [0.717, 1.165) is 36.0 Å². The number of amides is 2. The highest BCUT2D eigenvalue weighted by Gasteiger charge is 2.57. The quantitative estimate of drug-likeness (QED) is 0.351. The lowest BCUT2D eigenvalue weighted by Gasteiger charge is -2.31. The molecule has 2 fully saturated rings. The van der Waals surface area contributed by atoms with Crippen LogP contribution in [0.3, 0.4) is 0 Å². The van der Waals surface area contributed by atoms with Crippen LogP contribution in [0.4, 0.5) is 5.69 Å². The fourth-order valence-corrected chi connectivity index (χ4v) is 6.36. The molecular weight excluding hydrogens is 490 g/mol. The number of para-hydroxylation sites is 1. The minimum Gasteiger partial charge on any atom is -0.508 e. The monoisotopic (exact) mass is 521 g/mol. The predicted octanol–water partition coefficient (Wildman–Crippen LogP) is 5.79. The van der Waals surface area contributed by atoms with Crippen molar-refractivity contribution in [3.8, 4) is 5.75 Å². The molecule has 1 N–H and O–H groups in total. The summed E-state index contributed by atoms with van der Waals surface area (Å²) in [4.78, 5) is 28.4. The zero-order chi connectivity index (χ0) is 26.1. The van der Waals surface area contributed by atoms with E-state index < -0.39 is 5.92 Å². The molecule has 0 radical (unpaired) electrons. The van der Waals surface area contributed by atoms with Crippen LogP contribution in [0.5, 0.6) is 5.75 Å². The van der Waals surface area contributed by atoms with Gasteiger partial charge in [-0.2, -0.15) is 0 Å². The number of imide groups is 1. The van der Waals surface area contributed by atoms with Crippen molar-refractivity contribution in [2.45, 2.75) is 38.7 Å². The van der Waals surface area contributed by atoms with Crippen molar-refractivity contribution in [2.75, 3.05) is 25.2 Å². The molecule has 7 heteroatoms. The second-order valence-electron chi connectivity index (χ2n) is 10.0. The lowest BCUT2D eigenvalue weighted by molar-refractivity contribution is -0.122. The molecule has 0 unspecified atom stereocenters. The average molecular weight is 522 g/mol. The Hall–Kier alpha value is -2.93. The van der Waals surface area contributed by atoms with Gasteiger partial charge in [-0.3, -0.25) is 14.5 Å². The van der Waals surface area contributed by atoms with Crippen molar-refractivity contribution in [1.82, 2.24) is 0 Å². The normalized spacial score (nSPS) is 25.6. The smallest absolute Gasteiger partial charge is 0.238 e. The van der Waals surface area contributed by atoms with Gasteiger partial charge in [0.15, 0.2) is 0 Å². The highest BCUT2D eigenvalue weighted by atomic mass is 35.5. The van der Waals surface area contributed by atoms with Crippen LogP contribution in [-0.4, -0.2) is 43.3 Å². The lowest BCUT2D eigenvalue weighted by atomic mass is 9.69. The molecular formula is C30H32ClNO5. The molecule has 194 valence electrons. The number of allylic oxidation sites excluding steroid dienone is 1. The third kappa shape index (κ3) is 4.86. The maximum atomic E-state index is 13.6. The molecule has 2 saturated heterocycles. The number of carbonyl (C=O) groups excluding carboxylic acids is 2. The van der Waals surface area contributed by atoms with Crippen LogP contribution in [0.1, 0.15) is 38.2 Å². The van der Waals surface area contributed by atoms with Gasteiger partial charge in [0.05, 0.1) is 41.9 Å². The summed E-state index contributed by atoms with van der Waals surface area (Å²) in [6.45, 7) is 2.98. The number of ether oxygens (including phenoxy) is 2. The highest BCUT2D eigenvalue weighted by molar-refractivity contribution is 6.32. The topological polar surface area (TPSA) is 76.1 Å². The van der Waals surface area contributed by atoms with E-state index in [2.05, 4.69) is 13.0 Å². The Labute approximate surface area is 222 Å². The molecule has 0 aromatic heterocycles. The van der Waals surface area contributed by atoms with Crippen LogP contribution in [0, 0.1) is 17.8 Å². The number of anilines is 1. The number of nitrogens with zero attached hydrogens (tertiary/aromatic N) is 1. The third-order valence-corrected chi connectivity index (χ3v) is 8.19. The number of methoxy groups -OCH3 is 1. The molecule has 4 atom stereocenters. The highest BCUT2D eigenvalue weighted by Crippen LogP contribution is 2.50. The molecule has 3 aliphatic rings. The number of carbonyl (C=O) groups is 2. The van der Waals surface area contributed by atoms with E-state index in [0.29, 0.717) is 30.3 Å². The van der Waals surface area contributed by atoms with Gasteiger partial charge in [0.25, 0.3) is 0 Å². The van der Waals surface area contributed by atoms with Gasteiger partial charge in [0, 0.05) is 13.0 Å². The summed E-state index contributed by atoms with van der Waals surface area (Å²) in [5, 5.41) is 10.2. The molecule has 0 saturated carbocycles. The van der Waals surface area contributed by atoms with Crippen molar-refractivity contribution in [1.29, 1.82) is 0 Å². The van der Waals surface area contributed by atoms with Crippen LogP contribution in [0.25, 0.3) is 6.08 Å². The summed E-state index contributed by atoms with van der Waals surface area (Å²) in [5.74, 6) is -0.994. The van der Waals surface area contributed by atoms with Gasteiger partial charge in [-0.1, -0.05) is 48.4 Å². The Morgan fingerprint density at radius 3 is 2.65 bits per heavy atom. The number of hydrogen-bond acceptors (Lipinski definition) is 5. The minimum atomic E-state index is -0.398. The van der Waals surface area contributed by atoms with Crippen molar-refractivity contribution >= 4 is 35.2 Å². The number of halogens is 1. The Morgan fingerprint density at radius 1 is 1.16 bits per heavy atom. The van der Waals surface area contributed by atoms with Gasteiger partial charge >= 0.3 is 0 Å². The molecule has 2 heterocycles. The summed E-state index contributed by atoms with van der Waals surface area (Å²) in [5.41, 5.74) is 4.97. The van der Waals surface area contributed by atoms with Crippen LogP contribution in [0.2, 0.25) is 5.02 Å². The number of phenols is 1. The van der Waals surface area contributed by atoms with Crippen molar-refractivity contribution in [3.63, 3.8) is 0 Å². The molecule has 0 spiro atoms. The number of rotatable bonds is 8. The summed E-state index contributed by atoms with van der Waals surface area (Å²) >= 11 is 6.32. The van der Waals surface area contributed by atoms with Gasteiger partial charge in [-0.05, 0) is 72.7 Å². The Kier molecular flexibility index (Phi) is 7.52. The standard InChI is InChI=1S/C30H32ClNO5/c1-3-18(13-19-10-11-22(33)15-25(19)31)9-12-26-27-20(16-36-2)14-23-28(24(27)17-37-26)30(35)32(29(23)34)21-7-5-4-6-8-21/h4-8,10-11,13,15,23-24,26,28,33H,3,9,12,14,16-17H2,1-2H3/b18-13+/t23-,24+,26-,28-/m1/s1. The zero-order valence-electron chi connectivity index (χ0n) is 21.2. The molecule has 2 aromatic rings. The molecule has 2 aliphatic heterocycles. The predicted molar refractivity (Wildman–Crippen MR) is 143 cm³/mol. The van der Waals surface area contributed by atoms with E-state index in [1.165, 1.54) is 10.5 Å². The van der Waals surface area contributed by atoms with Crippen LogP contribution in [0.15, 0.2) is 65.3 Å². The number of fused-ring (bicyclic) bond motifs is 3. The first-order valence-corrected chi connectivity index (χ1v) is 13.2. The van der Waals surface area contributed by atoms with Gasteiger partial charge in [0.1, 0.15) is 5.75 Å². The molecule has 1 aliphatic carbocycles. The minimum absolute atomic E-state index is 0.111. The summed E-state index contributed by atoms with van der Waals surface area (Å²) in [6.07, 6.45) is 4.93. The van der Waals surface area contributed by atoms with Crippen molar-refractivity contribution < 1.29 is 24.2 Å². The van der Waals surface area contributed by atoms with E-state index in [-0.39, 0.29) is 35.5 Å². The number of phenolic OH excluding ortho intramolecular Hbond substituents is 1. The molecule has 0 bridgehead atoms. The maximum absolute atomic E-state index is 13.6. The van der Waals surface area contributed by atoms with Gasteiger partial charge in [0.2, 0.25) is 11.8 Å². The first-order valence-electron chi connectivity index (χ1n) is 12.9. The van der Waals surface area contributed by atoms with Gasteiger partial charge < -0.3 is 14.6 Å². The van der Waals surface area contributed by atoms with E-state index in [9.17, 15) is 14.7 Å². The average Bonchev–Trinajstić information content (AvgIpc) is 3.42. The van der Waals surface area contributed by atoms with E-state index in [4.69, 9.17) is 21.1 Å². The summed E-state index contributed by atoms with van der Waals surface area (Å²) in [7, 11) is 1.66. The molecule has 2 amide bonds. The largest absolute Gasteiger partial charge is 0.508 e. The maximum Gasteiger partial charge on any atom is 0.238 e. The number of aromatic hydroxyl groups is 1. The molecule has 2 aromatic carbocycles. The number of hydrogen-bond donors (Lipinski definition) is 1. The Bertz CT molecular complexity index is 1250. The summed E-state index contributed by atoms with van der Waals surface area (Å²) in [6, 6.07) is 14.2. The second kappa shape index (κ2) is 10.8. The molecule has 37 heavy (non-hydrogen) atoms. The second-order valence-corrected chi connectivity index (χ2v) is 10.4. The number of benzene rings is 2. The van der Waals surface area contributed by atoms with Gasteiger partial charge in [-0.25, -0.2) is 0 Å². The van der Waals surface area contributed by atoms with Crippen LogP contribution in [-0.2, 0) is 19.1 Å². The first kappa shape index (κ1) is 25.7. The van der Waals surface area contributed by atoms with Crippen molar-refractivity contribution in [3.05, 3.63) is 75.8 Å². The van der Waals surface area contributed by atoms with E-state index in [1.54, 1.807) is 19.2 Å². The first-order chi connectivity index (χ1) is 17.9. The van der Waals surface area contributed by atoms with E-state index >= 15 is 0 Å². The molecule has 6 nitrogen and oxygen atoms in total. The van der Waals surface area contributed by atoms with Gasteiger partial charge in [-0.15, -0.1) is 0 Å². The lowest BCUT2D eigenvalue weighted by Crippen LogP contribution is -2.35. The van der Waals surface area contributed by atoms with Crippen LogP contribution < -0.4 is 4.90 Å². The van der Waals surface area contributed by atoms with E-state index in [1.807, 2.05) is 36.4 Å². The SMILES string of the molecule is CC/C(=C\c1ccc(O)cc1Cl)CC[C@H]1OC[C@H]2C1=C(COC)C[C@H]1C(=O)N(c3ccccc3)C(=O)[C@H]12. The van der Waals surface area contributed by atoms with Crippen LogP contribution >= 0.6 is 11.6 Å². The van der Waals surface area contributed by atoms with Crippen molar-refractivity contribution in [2.24, 2.45) is 17.8 Å². The Balaban J connectivity index is 1.38. The third-order valence-electron chi connectivity index (χ3n) is 7.87. The zero-order valence-corrected chi connectivity index (χ0v) is 21.9. The fraction of sp³-hybridized carbons (Fsp3) is 0.400. The fourth-order valence-electron chi connectivity index (χ4n) is 6.13. The molecule has 5 rings (SSSR count). The Morgan fingerprint density at radius 2 is 1.95 bits per heavy atom. The summed E-state index contributed by atoms with van der Waals surface area (Å²) < 4.78 is 11.9.